The zero-order valence-electron chi connectivity index (χ0n) is 8.74. The van der Waals surface area contributed by atoms with Crippen LogP contribution in [0.5, 0.6) is 0 Å². The first kappa shape index (κ1) is 11.6. The standard InChI is InChI=1S/C13H8BrFN2/c14-11-6-9(8-4-2-1-3-5-8)10(7-16)12(15)13(11)17/h1-6H,17H2. The molecule has 0 radical (unpaired) electrons. The maximum Gasteiger partial charge on any atom is 0.165 e. The van der Waals surface area contributed by atoms with E-state index < -0.39 is 5.82 Å². The lowest BCUT2D eigenvalue weighted by atomic mass is 9.99. The van der Waals surface area contributed by atoms with Crippen molar-refractivity contribution in [2.24, 2.45) is 0 Å². The van der Waals surface area contributed by atoms with Crippen LogP contribution in [0.3, 0.4) is 0 Å². The van der Waals surface area contributed by atoms with Crippen molar-refractivity contribution in [1.29, 1.82) is 5.26 Å². The highest BCUT2D eigenvalue weighted by atomic mass is 79.9. The van der Waals surface area contributed by atoms with Gasteiger partial charge < -0.3 is 5.73 Å². The summed E-state index contributed by atoms with van der Waals surface area (Å²) in [7, 11) is 0. The van der Waals surface area contributed by atoms with E-state index in [1.165, 1.54) is 0 Å². The molecule has 0 amide bonds. The molecule has 0 aliphatic carbocycles. The zero-order chi connectivity index (χ0) is 12.4. The van der Waals surface area contributed by atoms with E-state index in [-0.39, 0.29) is 11.3 Å². The minimum atomic E-state index is -0.680. The average Bonchev–Trinajstić information content (AvgIpc) is 2.36. The van der Waals surface area contributed by atoms with Crippen LogP contribution in [0.4, 0.5) is 10.1 Å². The molecule has 2 rings (SSSR count). The molecule has 0 saturated heterocycles. The summed E-state index contributed by atoms with van der Waals surface area (Å²) in [6.45, 7) is 0. The molecular weight excluding hydrogens is 283 g/mol. The van der Waals surface area contributed by atoms with Crippen molar-refractivity contribution >= 4 is 21.6 Å². The first-order chi connectivity index (χ1) is 8.15. The van der Waals surface area contributed by atoms with Crippen molar-refractivity contribution in [3.8, 4) is 17.2 Å². The molecule has 0 atom stereocenters. The van der Waals surface area contributed by atoms with Crippen LogP contribution < -0.4 is 5.73 Å². The number of nitriles is 1. The van der Waals surface area contributed by atoms with E-state index in [1.807, 2.05) is 36.4 Å². The third-order valence-corrected chi connectivity index (χ3v) is 3.11. The molecular formula is C13H8BrFN2. The molecule has 0 fully saturated rings. The Bertz CT molecular complexity index is 603. The van der Waals surface area contributed by atoms with Crippen LogP contribution in [0.15, 0.2) is 40.9 Å². The van der Waals surface area contributed by atoms with Crippen molar-refractivity contribution in [3.05, 3.63) is 52.3 Å². The highest BCUT2D eigenvalue weighted by Crippen LogP contribution is 2.33. The fourth-order valence-electron chi connectivity index (χ4n) is 1.59. The monoisotopic (exact) mass is 290 g/mol. The normalized spacial score (nSPS) is 9.94. The van der Waals surface area contributed by atoms with Gasteiger partial charge in [0, 0.05) is 10.0 Å². The predicted octanol–water partition coefficient (Wildman–Crippen LogP) is 3.71. The van der Waals surface area contributed by atoms with Crippen LogP contribution >= 0.6 is 15.9 Å². The Morgan fingerprint density at radius 2 is 1.88 bits per heavy atom. The Morgan fingerprint density at radius 3 is 2.47 bits per heavy atom. The van der Waals surface area contributed by atoms with Gasteiger partial charge in [0.2, 0.25) is 0 Å². The van der Waals surface area contributed by atoms with Crippen LogP contribution in [-0.2, 0) is 0 Å². The van der Waals surface area contributed by atoms with Crippen LogP contribution in [0, 0.1) is 17.1 Å². The van der Waals surface area contributed by atoms with E-state index in [1.54, 1.807) is 6.07 Å². The molecule has 4 heteroatoms. The predicted molar refractivity (Wildman–Crippen MR) is 68.7 cm³/mol. The lowest BCUT2D eigenvalue weighted by Gasteiger charge is -2.09. The van der Waals surface area contributed by atoms with E-state index in [0.29, 0.717) is 10.0 Å². The maximum absolute atomic E-state index is 13.8. The number of hydrogen-bond donors (Lipinski definition) is 1. The number of halogens is 2. The van der Waals surface area contributed by atoms with Gasteiger partial charge in [0.05, 0.1) is 11.3 Å². The summed E-state index contributed by atoms with van der Waals surface area (Å²) in [5.41, 5.74) is 6.78. The minimum Gasteiger partial charge on any atom is -0.395 e. The summed E-state index contributed by atoms with van der Waals surface area (Å²) in [6.07, 6.45) is 0. The van der Waals surface area contributed by atoms with Crippen LogP contribution in [-0.4, -0.2) is 0 Å². The molecule has 0 bridgehead atoms. The van der Waals surface area contributed by atoms with Crippen molar-refractivity contribution < 1.29 is 4.39 Å². The molecule has 2 aromatic carbocycles. The Labute approximate surface area is 107 Å². The fourth-order valence-corrected chi connectivity index (χ4v) is 1.99. The summed E-state index contributed by atoms with van der Waals surface area (Å²) < 4.78 is 14.3. The van der Waals surface area contributed by atoms with Gasteiger partial charge in [-0.1, -0.05) is 30.3 Å². The van der Waals surface area contributed by atoms with Crippen molar-refractivity contribution in [3.63, 3.8) is 0 Å². The second kappa shape index (κ2) is 4.56. The van der Waals surface area contributed by atoms with E-state index in [4.69, 9.17) is 11.0 Å². The zero-order valence-corrected chi connectivity index (χ0v) is 10.3. The average molecular weight is 291 g/mol. The van der Waals surface area contributed by atoms with Gasteiger partial charge in [0.15, 0.2) is 5.82 Å². The first-order valence-corrected chi connectivity index (χ1v) is 5.67. The smallest absolute Gasteiger partial charge is 0.165 e. The van der Waals surface area contributed by atoms with E-state index in [9.17, 15) is 4.39 Å². The summed E-state index contributed by atoms with van der Waals surface area (Å²) in [5.74, 6) is -0.680. The molecule has 2 aromatic rings. The molecule has 17 heavy (non-hydrogen) atoms. The maximum atomic E-state index is 13.8. The second-order valence-corrected chi connectivity index (χ2v) is 4.34. The van der Waals surface area contributed by atoms with Crippen molar-refractivity contribution in [2.45, 2.75) is 0 Å². The third kappa shape index (κ3) is 2.02. The van der Waals surface area contributed by atoms with E-state index in [2.05, 4.69) is 15.9 Å². The van der Waals surface area contributed by atoms with E-state index >= 15 is 0 Å². The molecule has 2 nitrogen and oxygen atoms in total. The Balaban J connectivity index is 2.76. The lowest BCUT2D eigenvalue weighted by Crippen LogP contribution is -1.98. The SMILES string of the molecule is N#Cc1c(-c2ccccc2)cc(Br)c(N)c1F. The molecule has 0 aliphatic rings. The van der Waals surface area contributed by atoms with Gasteiger partial charge in [0.25, 0.3) is 0 Å². The minimum absolute atomic E-state index is 0.0306. The molecule has 0 aliphatic heterocycles. The quantitative estimate of drug-likeness (QED) is 0.814. The van der Waals surface area contributed by atoms with Crippen molar-refractivity contribution in [1.82, 2.24) is 0 Å². The summed E-state index contributed by atoms with van der Waals surface area (Å²) >= 11 is 3.18. The lowest BCUT2D eigenvalue weighted by molar-refractivity contribution is 0.628. The third-order valence-electron chi connectivity index (χ3n) is 2.45. The molecule has 2 N–H and O–H groups in total. The summed E-state index contributed by atoms with van der Waals surface area (Å²) in [4.78, 5) is 0. The molecule has 0 aromatic heterocycles. The largest absolute Gasteiger partial charge is 0.395 e. The second-order valence-electron chi connectivity index (χ2n) is 3.49. The Hall–Kier alpha value is -1.86. The summed E-state index contributed by atoms with van der Waals surface area (Å²) in [6, 6.07) is 12.7. The number of hydrogen-bond acceptors (Lipinski definition) is 2. The number of anilines is 1. The Morgan fingerprint density at radius 1 is 1.24 bits per heavy atom. The topological polar surface area (TPSA) is 49.8 Å². The van der Waals surface area contributed by atoms with Gasteiger partial charge in [-0.3, -0.25) is 0 Å². The number of nitrogens with two attached hydrogens (primary N) is 1. The van der Waals surface area contributed by atoms with Gasteiger partial charge in [-0.15, -0.1) is 0 Å². The number of nitrogen functional groups attached to an aromatic ring is 1. The molecule has 0 spiro atoms. The number of rotatable bonds is 1. The fraction of sp³-hybridized carbons (Fsp3) is 0. The van der Waals surface area contributed by atoms with Gasteiger partial charge in [-0.05, 0) is 27.6 Å². The highest BCUT2D eigenvalue weighted by molar-refractivity contribution is 9.10. The van der Waals surface area contributed by atoms with Crippen LogP contribution in [0.1, 0.15) is 5.56 Å². The Kier molecular flexibility index (Phi) is 3.12. The molecule has 0 unspecified atom stereocenters. The molecule has 0 saturated carbocycles. The number of nitrogens with zero attached hydrogens (tertiary/aromatic N) is 1. The first-order valence-electron chi connectivity index (χ1n) is 4.88. The molecule has 84 valence electrons. The molecule has 0 heterocycles. The highest BCUT2D eigenvalue weighted by Gasteiger charge is 2.15. The van der Waals surface area contributed by atoms with Gasteiger partial charge in [0.1, 0.15) is 6.07 Å². The van der Waals surface area contributed by atoms with Gasteiger partial charge >= 0.3 is 0 Å². The van der Waals surface area contributed by atoms with Crippen LogP contribution in [0.2, 0.25) is 0 Å². The van der Waals surface area contributed by atoms with Gasteiger partial charge in [-0.2, -0.15) is 5.26 Å². The van der Waals surface area contributed by atoms with Crippen molar-refractivity contribution in [2.75, 3.05) is 5.73 Å². The summed E-state index contributed by atoms with van der Waals surface area (Å²) in [5, 5.41) is 9.02. The van der Waals surface area contributed by atoms with E-state index in [0.717, 1.165) is 5.56 Å². The van der Waals surface area contributed by atoms with Crippen LogP contribution in [0.25, 0.3) is 11.1 Å². The van der Waals surface area contributed by atoms with Gasteiger partial charge in [-0.25, -0.2) is 4.39 Å². The number of benzene rings is 2.